The Kier molecular flexibility index (Phi) is 4.75. The number of hydrogen-bond donors (Lipinski definition) is 2. The first-order chi connectivity index (χ1) is 10.3. The molecule has 1 fully saturated rings. The summed E-state index contributed by atoms with van der Waals surface area (Å²) in [5, 5.41) is 9.25. The highest BCUT2D eigenvalue weighted by molar-refractivity contribution is 8.00. The van der Waals surface area contributed by atoms with E-state index in [2.05, 4.69) is 0 Å². The van der Waals surface area contributed by atoms with Crippen molar-refractivity contribution >= 4 is 29.5 Å². The van der Waals surface area contributed by atoms with Crippen molar-refractivity contribution < 1.29 is 19.5 Å². The smallest absolute Gasteiger partial charge is 0.311 e. The number of carboxylic acid groups (broad SMARTS) is 1. The maximum atomic E-state index is 12.6. The van der Waals surface area contributed by atoms with Crippen molar-refractivity contribution in [3.05, 3.63) is 29.8 Å². The van der Waals surface area contributed by atoms with E-state index in [1.54, 1.807) is 36.1 Å². The van der Waals surface area contributed by atoms with Gasteiger partial charge in [-0.2, -0.15) is 0 Å². The van der Waals surface area contributed by atoms with Crippen LogP contribution in [-0.2, 0) is 9.59 Å². The van der Waals surface area contributed by atoms with Crippen LogP contribution in [0.2, 0.25) is 0 Å². The summed E-state index contributed by atoms with van der Waals surface area (Å²) < 4.78 is 0. The third-order valence-electron chi connectivity index (χ3n) is 3.76. The lowest BCUT2D eigenvalue weighted by Crippen LogP contribution is -2.35. The molecule has 0 aromatic heterocycles. The Bertz CT molecular complexity index is 619. The summed E-state index contributed by atoms with van der Waals surface area (Å²) in [5.41, 5.74) is 4.71. The molecule has 0 bridgehead atoms. The van der Waals surface area contributed by atoms with Crippen LogP contribution in [0.15, 0.2) is 29.2 Å². The largest absolute Gasteiger partial charge is 0.481 e. The van der Waals surface area contributed by atoms with Gasteiger partial charge < -0.3 is 15.7 Å². The van der Waals surface area contributed by atoms with Gasteiger partial charge in [-0.05, 0) is 25.5 Å². The van der Waals surface area contributed by atoms with Crippen LogP contribution in [0.4, 0.5) is 0 Å². The zero-order valence-corrected chi connectivity index (χ0v) is 13.1. The summed E-state index contributed by atoms with van der Waals surface area (Å²) in [4.78, 5) is 37.0. The zero-order valence-electron chi connectivity index (χ0n) is 12.2. The Hall–Kier alpha value is -2.02. The zero-order chi connectivity index (χ0) is 16.3. The predicted octanol–water partition coefficient (Wildman–Crippen LogP) is 1.20. The molecular weight excluding hydrogens is 304 g/mol. The first kappa shape index (κ1) is 16.4. The number of likely N-dealkylation sites (tertiary alicyclic amines) is 1. The monoisotopic (exact) mass is 322 g/mol. The second kappa shape index (κ2) is 6.39. The van der Waals surface area contributed by atoms with E-state index in [0.717, 1.165) is 0 Å². The van der Waals surface area contributed by atoms with Crippen molar-refractivity contribution in [1.82, 2.24) is 4.90 Å². The van der Waals surface area contributed by atoms with Crippen LogP contribution in [0.1, 0.15) is 23.7 Å². The second-order valence-corrected chi connectivity index (χ2v) is 6.61. The van der Waals surface area contributed by atoms with Crippen molar-refractivity contribution in [2.45, 2.75) is 18.2 Å². The fourth-order valence-corrected chi connectivity index (χ4v) is 3.18. The van der Waals surface area contributed by atoms with E-state index >= 15 is 0 Å². The van der Waals surface area contributed by atoms with Crippen LogP contribution >= 0.6 is 11.8 Å². The van der Waals surface area contributed by atoms with Gasteiger partial charge in [0.05, 0.1) is 16.7 Å². The van der Waals surface area contributed by atoms with Gasteiger partial charge in [-0.3, -0.25) is 14.4 Å². The Balaban J connectivity index is 2.17. The van der Waals surface area contributed by atoms with Crippen molar-refractivity contribution in [2.75, 3.05) is 18.8 Å². The van der Waals surface area contributed by atoms with E-state index in [9.17, 15) is 19.5 Å². The summed E-state index contributed by atoms with van der Waals surface area (Å²) >= 11 is 1.21. The van der Waals surface area contributed by atoms with Crippen LogP contribution in [0.5, 0.6) is 0 Å². The molecule has 1 heterocycles. The fourth-order valence-electron chi connectivity index (χ4n) is 2.40. The molecule has 1 unspecified atom stereocenters. The van der Waals surface area contributed by atoms with Gasteiger partial charge in [0.25, 0.3) is 5.91 Å². The molecule has 1 aliphatic rings. The Morgan fingerprint density at radius 2 is 2.05 bits per heavy atom. The molecule has 2 rings (SSSR count). The molecule has 0 radical (unpaired) electrons. The first-order valence-corrected chi connectivity index (χ1v) is 7.85. The Labute approximate surface area is 132 Å². The lowest BCUT2D eigenvalue weighted by molar-refractivity contribution is -0.147. The number of nitrogens with two attached hydrogens (primary N) is 1. The van der Waals surface area contributed by atoms with Crippen LogP contribution in [0.25, 0.3) is 0 Å². The van der Waals surface area contributed by atoms with Crippen LogP contribution in [-0.4, -0.2) is 46.6 Å². The highest BCUT2D eigenvalue weighted by Gasteiger charge is 2.42. The number of carboxylic acids is 1. The van der Waals surface area contributed by atoms with Gasteiger partial charge in [0.2, 0.25) is 5.91 Å². The van der Waals surface area contributed by atoms with E-state index in [1.165, 1.54) is 11.8 Å². The minimum absolute atomic E-state index is 0.0944. The quantitative estimate of drug-likeness (QED) is 0.793. The van der Waals surface area contributed by atoms with Gasteiger partial charge in [-0.25, -0.2) is 0 Å². The summed E-state index contributed by atoms with van der Waals surface area (Å²) in [6, 6.07) is 6.97. The normalized spacial score (nSPS) is 20.9. The molecule has 1 saturated heterocycles. The number of carbonyl (C=O) groups is 3. The number of nitrogens with zero attached hydrogens (tertiary/aromatic N) is 1. The second-order valence-electron chi connectivity index (χ2n) is 5.59. The molecule has 22 heavy (non-hydrogen) atoms. The van der Waals surface area contributed by atoms with Crippen LogP contribution < -0.4 is 5.73 Å². The van der Waals surface area contributed by atoms with Crippen molar-refractivity contribution in [3.63, 3.8) is 0 Å². The standard InChI is InChI=1S/C15H18N2O4S/c1-15(14(20)21)6-7-17(9-15)13(19)10-4-2-3-5-11(10)22-8-12(16)18/h2-5H,6-9H2,1H3,(H2,16,18)(H,20,21). The molecule has 1 aromatic rings. The molecular formula is C15H18N2O4S. The lowest BCUT2D eigenvalue weighted by atomic mass is 9.90. The predicted molar refractivity (Wildman–Crippen MR) is 82.6 cm³/mol. The maximum Gasteiger partial charge on any atom is 0.311 e. The topological polar surface area (TPSA) is 101 Å². The van der Waals surface area contributed by atoms with Gasteiger partial charge in [0, 0.05) is 18.0 Å². The van der Waals surface area contributed by atoms with Gasteiger partial charge in [-0.15, -0.1) is 11.8 Å². The highest BCUT2D eigenvalue weighted by atomic mass is 32.2. The number of amides is 2. The molecule has 0 saturated carbocycles. The van der Waals surface area contributed by atoms with Gasteiger partial charge in [-0.1, -0.05) is 12.1 Å². The summed E-state index contributed by atoms with van der Waals surface area (Å²) in [5.74, 6) is -1.46. The number of carbonyl (C=O) groups excluding carboxylic acids is 2. The fraction of sp³-hybridized carbons (Fsp3) is 0.400. The van der Waals surface area contributed by atoms with Gasteiger partial charge >= 0.3 is 5.97 Å². The average Bonchev–Trinajstić information content (AvgIpc) is 2.88. The number of aliphatic carboxylic acids is 1. The van der Waals surface area contributed by atoms with E-state index in [0.29, 0.717) is 23.4 Å². The third-order valence-corrected chi connectivity index (χ3v) is 4.86. The van der Waals surface area contributed by atoms with Crippen molar-refractivity contribution in [2.24, 2.45) is 11.1 Å². The molecule has 1 aliphatic heterocycles. The number of rotatable bonds is 5. The average molecular weight is 322 g/mol. The number of hydrogen-bond acceptors (Lipinski definition) is 4. The SMILES string of the molecule is CC1(C(=O)O)CCN(C(=O)c2ccccc2SCC(N)=O)C1. The number of benzene rings is 1. The molecule has 3 N–H and O–H groups in total. The number of primary amides is 1. The van der Waals surface area contributed by atoms with E-state index in [4.69, 9.17) is 5.73 Å². The summed E-state index contributed by atoms with van der Waals surface area (Å²) in [6.07, 6.45) is 0.435. The summed E-state index contributed by atoms with van der Waals surface area (Å²) in [6.45, 7) is 2.25. The lowest BCUT2D eigenvalue weighted by Gasteiger charge is -2.21. The Morgan fingerprint density at radius 3 is 2.64 bits per heavy atom. The van der Waals surface area contributed by atoms with Crippen molar-refractivity contribution in [3.8, 4) is 0 Å². The molecule has 7 heteroatoms. The van der Waals surface area contributed by atoms with E-state index in [-0.39, 0.29) is 18.2 Å². The maximum absolute atomic E-state index is 12.6. The minimum Gasteiger partial charge on any atom is -0.481 e. The number of thioether (sulfide) groups is 1. The van der Waals surface area contributed by atoms with E-state index in [1.807, 2.05) is 0 Å². The third kappa shape index (κ3) is 3.41. The van der Waals surface area contributed by atoms with Crippen LogP contribution in [0.3, 0.4) is 0 Å². The molecule has 118 valence electrons. The minimum atomic E-state index is -0.898. The van der Waals surface area contributed by atoms with Gasteiger partial charge in [0.1, 0.15) is 0 Å². The molecule has 0 aliphatic carbocycles. The highest BCUT2D eigenvalue weighted by Crippen LogP contribution is 2.32. The molecule has 2 amide bonds. The molecule has 0 spiro atoms. The first-order valence-electron chi connectivity index (χ1n) is 6.86. The van der Waals surface area contributed by atoms with Crippen LogP contribution in [0, 0.1) is 5.41 Å². The molecule has 6 nitrogen and oxygen atoms in total. The van der Waals surface area contributed by atoms with Gasteiger partial charge in [0.15, 0.2) is 0 Å². The van der Waals surface area contributed by atoms with Crippen molar-refractivity contribution in [1.29, 1.82) is 0 Å². The van der Waals surface area contributed by atoms with E-state index < -0.39 is 17.3 Å². The summed E-state index contributed by atoms with van der Waals surface area (Å²) in [7, 11) is 0. The Morgan fingerprint density at radius 1 is 1.36 bits per heavy atom. The molecule has 1 atom stereocenters. The molecule has 1 aromatic carbocycles.